The lowest BCUT2D eigenvalue weighted by Gasteiger charge is -2.26. The monoisotopic (exact) mass is 707 g/mol. The molecule has 14 heteroatoms. The van der Waals surface area contributed by atoms with Crippen LogP contribution in [0.1, 0.15) is 46.0 Å². The van der Waals surface area contributed by atoms with Gasteiger partial charge in [-0.1, -0.05) is 41.4 Å². The maximum Gasteiger partial charge on any atom is 0.387 e. The number of rotatable bonds is 13. The van der Waals surface area contributed by atoms with E-state index in [0.717, 1.165) is 12.8 Å². The van der Waals surface area contributed by atoms with Gasteiger partial charge in [0.15, 0.2) is 16.9 Å². The molecular weight excluding hydrogens is 675 g/mol. The Morgan fingerprint density at radius 2 is 1.81 bits per heavy atom. The van der Waals surface area contributed by atoms with Crippen molar-refractivity contribution in [3.05, 3.63) is 87.2 Å². The van der Waals surface area contributed by atoms with Crippen molar-refractivity contribution in [3.63, 3.8) is 0 Å². The summed E-state index contributed by atoms with van der Waals surface area (Å²) >= 11 is 14.1. The Morgan fingerprint density at radius 1 is 1.06 bits per heavy atom. The second-order valence-corrected chi connectivity index (χ2v) is 13.4. The summed E-state index contributed by atoms with van der Waals surface area (Å²) in [6.07, 6.45) is 3.82. The van der Waals surface area contributed by atoms with E-state index in [2.05, 4.69) is 9.72 Å². The van der Waals surface area contributed by atoms with Gasteiger partial charge in [-0.15, -0.1) is 11.8 Å². The predicted molar refractivity (Wildman–Crippen MR) is 174 cm³/mol. The third kappa shape index (κ3) is 9.05. The van der Waals surface area contributed by atoms with Crippen molar-refractivity contribution in [3.8, 4) is 11.5 Å². The Kier molecular flexibility index (Phi) is 11.5. The average molecular weight is 709 g/mol. The summed E-state index contributed by atoms with van der Waals surface area (Å²) in [6, 6.07) is 11.2. The summed E-state index contributed by atoms with van der Waals surface area (Å²) in [5.74, 6) is -0.369. The molecule has 1 aliphatic carbocycles. The van der Waals surface area contributed by atoms with Gasteiger partial charge < -0.3 is 24.0 Å². The van der Waals surface area contributed by atoms with Crippen LogP contribution in [0.25, 0.3) is 0 Å². The van der Waals surface area contributed by atoms with Gasteiger partial charge in [-0.3, -0.25) is 14.6 Å². The lowest BCUT2D eigenvalue weighted by Crippen LogP contribution is -2.41. The number of thioether (sulfide) groups is 1. The molecule has 2 fully saturated rings. The molecule has 2 atom stereocenters. The van der Waals surface area contributed by atoms with Crippen LogP contribution in [0.5, 0.6) is 11.5 Å². The van der Waals surface area contributed by atoms with Crippen molar-refractivity contribution in [2.45, 2.75) is 43.8 Å². The van der Waals surface area contributed by atoms with Gasteiger partial charge in [-0.05, 0) is 59.7 Å². The summed E-state index contributed by atoms with van der Waals surface area (Å²) in [7, 11) is 3.30. The van der Waals surface area contributed by atoms with Crippen LogP contribution >= 0.6 is 35.0 Å². The Morgan fingerprint density at radius 3 is 2.49 bits per heavy atom. The van der Waals surface area contributed by atoms with Crippen LogP contribution in [0, 0.1) is 5.92 Å². The summed E-state index contributed by atoms with van der Waals surface area (Å²) in [5.41, 5.74) is 1.98. The number of amides is 2. The minimum absolute atomic E-state index is 0.0160. The van der Waals surface area contributed by atoms with E-state index < -0.39 is 24.1 Å². The third-order valence-corrected chi connectivity index (χ3v) is 9.51. The summed E-state index contributed by atoms with van der Waals surface area (Å²) < 4.78 is 43.0. The predicted octanol–water partition coefficient (Wildman–Crippen LogP) is 6.45. The number of benzene rings is 2. The van der Waals surface area contributed by atoms with E-state index in [1.807, 2.05) is 0 Å². The van der Waals surface area contributed by atoms with Gasteiger partial charge in [0, 0.05) is 50.8 Å². The minimum Gasteiger partial charge on any atom is -0.489 e. The normalized spacial score (nSPS) is 16.6. The van der Waals surface area contributed by atoms with Crippen molar-refractivity contribution in [2.24, 2.45) is 5.92 Å². The molecule has 250 valence electrons. The Balaban J connectivity index is 1.38. The number of alkyl halides is 2. The Hall–Kier alpha value is -3.61. The molecule has 0 spiro atoms. The Labute approximate surface area is 285 Å². The summed E-state index contributed by atoms with van der Waals surface area (Å²) in [5, 5.41) is -0.432. The molecule has 2 aliphatic rings. The molecule has 47 heavy (non-hydrogen) atoms. The van der Waals surface area contributed by atoms with Crippen LogP contribution in [-0.2, 0) is 27.2 Å². The van der Waals surface area contributed by atoms with E-state index in [0.29, 0.717) is 47.1 Å². The zero-order valence-electron chi connectivity index (χ0n) is 25.7. The first-order valence-corrected chi connectivity index (χ1v) is 16.7. The van der Waals surface area contributed by atoms with Gasteiger partial charge in [0.05, 0.1) is 23.1 Å². The fourth-order valence-electron chi connectivity index (χ4n) is 5.04. The molecule has 2 amide bonds. The van der Waals surface area contributed by atoms with Gasteiger partial charge in [-0.25, -0.2) is 4.79 Å². The molecule has 0 N–H and O–H groups in total. The van der Waals surface area contributed by atoms with E-state index in [4.69, 9.17) is 32.7 Å². The van der Waals surface area contributed by atoms with E-state index in [1.54, 1.807) is 38.4 Å². The van der Waals surface area contributed by atoms with Gasteiger partial charge >= 0.3 is 12.6 Å². The molecule has 9 nitrogen and oxygen atoms in total. The lowest BCUT2D eigenvalue weighted by molar-refractivity contribution is -0.155. The minimum atomic E-state index is -3.06. The maximum atomic E-state index is 13.8. The molecule has 1 saturated heterocycles. The summed E-state index contributed by atoms with van der Waals surface area (Å²) in [6.45, 7) is -2.41. The molecule has 0 unspecified atom stereocenters. The van der Waals surface area contributed by atoms with Gasteiger partial charge in [-0.2, -0.15) is 8.78 Å². The molecule has 1 aromatic heterocycles. The fourth-order valence-corrected chi connectivity index (χ4v) is 6.68. The molecule has 2 heterocycles. The number of aromatic nitrogens is 1. The van der Waals surface area contributed by atoms with Crippen LogP contribution in [0.15, 0.2) is 54.9 Å². The van der Waals surface area contributed by atoms with E-state index >= 15 is 0 Å². The molecule has 5 rings (SSSR count). The van der Waals surface area contributed by atoms with Crippen LogP contribution in [0.4, 0.5) is 8.78 Å². The molecular formula is C33H33Cl2F2N3O6S. The number of halogens is 4. The Bertz CT molecular complexity index is 1610. The number of hydrogen-bond acceptors (Lipinski definition) is 8. The van der Waals surface area contributed by atoms with Crippen LogP contribution in [0.3, 0.4) is 0 Å². The number of nitrogens with zero attached hydrogens (tertiary/aromatic N) is 3. The number of carbonyl (C=O) groups excluding carboxylic acids is 3. The van der Waals surface area contributed by atoms with E-state index in [9.17, 15) is 23.2 Å². The van der Waals surface area contributed by atoms with Crippen LogP contribution in [0.2, 0.25) is 10.0 Å². The van der Waals surface area contributed by atoms with Gasteiger partial charge in [0.25, 0.3) is 5.91 Å². The zero-order valence-corrected chi connectivity index (χ0v) is 28.0. The van der Waals surface area contributed by atoms with Crippen molar-refractivity contribution in [1.29, 1.82) is 0 Å². The fraction of sp³-hybridized carbons (Fsp3) is 0.394. The quantitative estimate of drug-likeness (QED) is 0.187. The molecule has 0 radical (unpaired) electrons. The van der Waals surface area contributed by atoms with Crippen LogP contribution < -0.4 is 9.47 Å². The van der Waals surface area contributed by atoms with Crippen molar-refractivity contribution >= 4 is 52.7 Å². The molecule has 0 bridgehead atoms. The largest absolute Gasteiger partial charge is 0.489 e. The number of hydrogen-bond donors (Lipinski definition) is 0. The van der Waals surface area contributed by atoms with Gasteiger partial charge in [0.2, 0.25) is 5.91 Å². The smallest absolute Gasteiger partial charge is 0.387 e. The molecule has 2 aromatic carbocycles. The maximum absolute atomic E-state index is 13.8. The topological polar surface area (TPSA) is 98.3 Å². The van der Waals surface area contributed by atoms with Gasteiger partial charge in [0.1, 0.15) is 6.10 Å². The highest BCUT2D eigenvalue weighted by Gasteiger charge is 2.38. The first-order chi connectivity index (χ1) is 22.5. The number of pyridine rings is 1. The first kappa shape index (κ1) is 34.7. The van der Waals surface area contributed by atoms with E-state index in [1.165, 1.54) is 52.2 Å². The molecule has 1 saturated carbocycles. The zero-order chi connectivity index (χ0) is 33.7. The molecule has 3 aromatic rings. The SMILES string of the molecule is CN(C)C(=O)c1cccc(CC(=O)N2CCS[C@H]2C(=O)O[C@@H](Cc2c(Cl)cncc2Cl)c2ccc(OC(F)F)c(OCC3CC3)c2)c1. The number of carbonyl (C=O) groups is 3. The standard InChI is InChI=1S/C33H33Cl2F2N3O6S/c1-39(2)30(42)22-5-3-4-20(12-22)13-29(41)40-10-11-47-31(40)32(43)45-27(15-23-24(34)16-38-17-25(23)35)21-8-9-26(46-33(36)37)28(14-21)44-18-19-6-7-19/h3-5,8-9,12,14,16-17,19,27,31,33H,6-7,10-11,13,15,18H2,1-2H3/t27-,31-/m0/s1. The highest BCUT2D eigenvalue weighted by molar-refractivity contribution is 8.00. The summed E-state index contributed by atoms with van der Waals surface area (Å²) in [4.78, 5) is 46.6. The number of esters is 1. The first-order valence-electron chi connectivity index (χ1n) is 14.9. The van der Waals surface area contributed by atoms with Crippen LogP contribution in [-0.4, -0.2) is 77.6 Å². The second-order valence-electron chi connectivity index (χ2n) is 11.4. The van der Waals surface area contributed by atoms with Crippen molar-refractivity contribution in [2.75, 3.05) is 33.0 Å². The average Bonchev–Trinajstić information content (AvgIpc) is 3.73. The molecule has 1 aliphatic heterocycles. The second kappa shape index (κ2) is 15.5. The van der Waals surface area contributed by atoms with E-state index in [-0.39, 0.29) is 46.2 Å². The highest BCUT2D eigenvalue weighted by Crippen LogP contribution is 2.38. The highest BCUT2D eigenvalue weighted by atomic mass is 35.5. The number of ether oxygens (including phenoxy) is 3. The van der Waals surface area contributed by atoms with Crippen molar-refractivity contribution in [1.82, 2.24) is 14.8 Å². The third-order valence-electron chi connectivity index (χ3n) is 7.68. The lowest BCUT2D eigenvalue weighted by atomic mass is 10.0. The van der Waals surface area contributed by atoms with Crippen molar-refractivity contribution < 1.29 is 37.4 Å².